The van der Waals surface area contributed by atoms with Crippen LogP contribution in [0.15, 0.2) is 42.2 Å². The van der Waals surface area contributed by atoms with E-state index in [1.54, 1.807) is 18.3 Å². The molecule has 1 aromatic carbocycles. The maximum Gasteiger partial charge on any atom is 0.252 e. The van der Waals surface area contributed by atoms with Crippen LogP contribution in [0.3, 0.4) is 0 Å². The lowest BCUT2D eigenvalue weighted by Crippen LogP contribution is -2.32. The van der Waals surface area contributed by atoms with Crippen molar-refractivity contribution >= 4 is 17.7 Å². The lowest BCUT2D eigenvalue weighted by molar-refractivity contribution is 0.100. The fraction of sp³-hybridized carbons (Fsp3) is 0.222. The van der Waals surface area contributed by atoms with E-state index in [0.29, 0.717) is 11.1 Å². The average Bonchev–Trinajstić information content (AvgIpc) is 2.59. The summed E-state index contributed by atoms with van der Waals surface area (Å²) >= 11 is 0. The van der Waals surface area contributed by atoms with Gasteiger partial charge in [-0.05, 0) is 36.6 Å². The summed E-state index contributed by atoms with van der Waals surface area (Å²) < 4.78 is 26.2. The summed E-state index contributed by atoms with van der Waals surface area (Å²) in [5, 5.41) is 0. The summed E-state index contributed by atoms with van der Waals surface area (Å²) in [6.45, 7) is 1.44. The Balaban J connectivity index is 1.73. The van der Waals surface area contributed by atoms with E-state index < -0.39 is 17.5 Å². The van der Waals surface area contributed by atoms with Crippen molar-refractivity contribution in [3.63, 3.8) is 0 Å². The van der Waals surface area contributed by atoms with Gasteiger partial charge in [0.25, 0.3) is 5.91 Å². The molecule has 1 amide bonds. The third-order valence-corrected chi connectivity index (χ3v) is 4.12. The molecule has 3 rings (SSSR count). The van der Waals surface area contributed by atoms with Gasteiger partial charge in [0.05, 0.1) is 11.3 Å². The smallest absolute Gasteiger partial charge is 0.252 e. The average molecular weight is 329 g/mol. The molecular weight excluding hydrogens is 312 g/mol. The number of halogens is 2. The normalized spacial score (nSPS) is 14.6. The molecule has 4 nitrogen and oxygen atoms in total. The van der Waals surface area contributed by atoms with Crippen molar-refractivity contribution in [2.24, 2.45) is 5.73 Å². The summed E-state index contributed by atoms with van der Waals surface area (Å²) in [4.78, 5) is 17.5. The van der Waals surface area contributed by atoms with Gasteiger partial charge in [0.2, 0.25) is 0 Å². The summed E-state index contributed by atoms with van der Waals surface area (Å²) in [7, 11) is 0. The van der Waals surface area contributed by atoms with Crippen LogP contribution >= 0.6 is 0 Å². The highest BCUT2D eigenvalue weighted by Crippen LogP contribution is 2.26. The van der Waals surface area contributed by atoms with E-state index in [9.17, 15) is 13.6 Å². The molecule has 1 fully saturated rings. The molecule has 2 aromatic rings. The molecule has 0 unspecified atom stereocenters. The highest BCUT2D eigenvalue weighted by Gasteiger charge is 2.19. The Hall–Kier alpha value is -2.76. The number of aromatic nitrogens is 1. The first-order chi connectivity index (χ1) is 11.5. The Bertz CT molecular complexity index is 795. The number of primary amides is 1. The van der Waals surface area contributed by atoms with Gasteiger partial charge in [0.1, 0.15) is 0 Å². The highest BCUT2D eigenvalue weighted by atomic mass is 19.2. The van der Waals surface area contributed by atoms with E-state index in [0.717, 1.165) is 43.3 Å². The molecule has 6 heteroatoms. The molecule has 0 bridgehead atoms. The first-order valence-electron chi connectivity index (χ1n) is 7.68. The quantitative estimate of drug-likeness (QED) is 0.941. The van der Waals surface area contributed by atoms with Crippen LogP contribution in [-0.4, -0.2) is 24.0 Å². The largest absolute Gasteiger partial charge is 0.370 e. The van der Waals surface area contributed by atoms with Crippen molar-refractivity contribution in [1.29, 1.82) is 0 Å². The minimum Gasteiger partial charge on any atom is -0.370 e. The summed E-state index contributed by atoms with van der Waals surface area (Å²) in [6, 6.07) is 5.67. The number of carbonyl (C=O) groups is 1. The van der Waals surface area contributed by atoms with Crippen molar-refractivity contribution in [3.05, 3.63) is 65.0 Å². The van der Waals surface area contributed by atoms with E-state index in [-0.39, 0.29) is 0 Å². The molecule has 0 radical (unpaired) electrons. The Morgan fingerprint density at radius 2 is 1.92 bits per heavy atom. The number of hydrogen-bond donors (Lipinski definition) is 1. The van der Waals surface area contributed by atoms with Gasteiger partial charge in [-0.3, -0.25) is 9.78 Å². The van der Waals surface area contributed by atoms with Crippen LogP contribution in [0.25, 0.3) is 6.08 Å². The Morgan fingerprint density at radius 3 is 2.58 bits per heavy atom. The number of nitrogens with two attached hydrogens (primary N) is 1. The van der Waals surface area contributed by atoms with E-state index in [2.05, 4.69) is 9.88 Å². The zero-order valence-corrected chi connectivity index (χ0v) is 13.0. The van der Waals surface area contributed by atoms with E-state index in [4.69, 9.17) is 5.73 Å². The van der Waals surface area contributed by atoms with Crippen LogP contribution in [0, 0.1) is 11.6 Å². The predicted octanol–water partition coefficient (Wildman–Crippen LogP) is 3.14. The SMILES string of the molecule is NC(=O)c1cnccc1N1CCC(=Cc2ccc(F)c(F)c2)CC1. The Kier molecular flexibility index (Phi) is 4.55. The Labute approximate surface area is 138 Å². The van der Waals surface area contributed by atoms with Gasteiger partial charge in [-0.25, -0.2) is 8.78 Å². The van der Waals surface area contributed by atoms with Gasteiger partial charge in [0.15, 0.2) is 11.6 Å². The molecule has 0 saturated carbocycles. The third-order valence-electron chi connectivity index (χ3n) is 4.12. The van der Waals surface area contributed by atoms with Crippen molar-refractivity contribution in [2.45, 2.75) is 12.8 Å². The molecule has 2 heterocycles. The van der Waals surface area contributed by atoms with Gasteiger partial charge in [0, 0.05) is 25.5 Å². The molecule has 0 spiro atoms. The number of rotatable bonds is 3. The first-order valence-corrected chi connectivity index (χ1v) is 7.68. The second-order valence-corrected chi connectivity index (χ2v) is 5.72. The standard InChI is InChI=1S/C18H17F2N3O/c19-15-2-1-13(10-16(15)20)9-12-4-7-23(8-5-12)17-3-6-22-11-14(17)18(21)24/h1-3,6,9-11H,4-5,7-8H2,(H2,21,24). The molecule has 1 saturated heterocycles. The monoisotopic (exact) mass is 329 g/mol. The first kappa shape index (κ1) is 16.1. The molecule has 1 aliphatic heterocycles. The molecule has 1 aliphatic rings. The summed E-state index contributed by atoms with van der Waals surface area (Å²) in [6.07, 6.45) is 6.55. The number of nitrogens with zero attached hydrogens (tertiary/aromatic N) is 2. The predicted molar refractivity (Wildman–Crippen MR) is 88.5 cm³/mol. The molecule has 0 atom stereocenters. The molecule has 0 aliphatic carbocycles. The van der Waals surface area contributed by atoms with E-state index in [1.165, 1.54) is 12.3 Å². The van der Waals surface area contributed by atoms with Crippen LogP contribution in [0.5, 0.6) is 0 Å². The van der Waals surface area contributed by atoms with Crippen LogP contribution in [-0.2, 0) is 0 Å². The molecule has 24 heavy (non-hydrogen) atoms. The molecular formula is C18H17F2N3O. The van der Waals surface area contributed by atoms with Crippen LogP contribution in [0.1, 0.15) is 28.8 Å². The fourth-order valence-corrected chi connectivity index (χ4v) is 2.87. The number of benzene rings is 1. The molecule has 2 N–H and O–H groups in total. The van der Waals surface area contributed by atoms with Gasteiger partial charge < -0.3 is 10.6 Å². The Morgan fingerprint density at radius 1 is 1.17 bits per heavy atom. The van der Waals surface area contributed by atoms with Crippen LogP contribution in [0.4, 0.5) is 14.5 Å². The maximum absolute atomic E-state index is 13.3. The number of anilines is 1. The maximum atomic E-state index is 13.3. The van der Waals surface area contributed by atoms with Crippen molar-refractivity contribution in [3.8, 4) is 0 Å². The summed E-state index contributed by atoms with van der Waals surface area (Å²) in [5.74, 6) is -2.19. The lowest BCUT2D eigenvalue weighted by Gasteiger charge is -2.31. The van der Waals surface area contributed by atoms with Crippen molar-refractivity contribution in [1.82, 2.24) is 4.98 Å². The molecule has 1 aromatic heterocycles. The van der Waals surface area contributed by atoms with Gasteiger partial charge in [-0.1, -0.05) is 17.7 Å². The van der Waals surface area contributed by atoms with Crippen LogP contribution in [0.2, 0.25) is 0 Å². The number of piperidine rings is 1. The van der Waals surface area contributed by atoms with Crippen LogP contribution < -0.4 is 10.6 Å². The lowest BCUT2D eigenvalue weighted by atomic mass is 10.00. The number of carbonyl (C=O) groups excluding carboxylic acids is 1. The zero-order valence-electron chi connectivity index (χ0n) is 13.0. The number of pyridine rings is 1. The van der Waals surface area contributed by atoms with Crippen molar-refractivity contribution < 1.29 is 13.6 Å². The van der Waals surface area contributed by atoms with E-state index in [1.807, 2.05) is 6.08 Å². The highest BCUT2D eigenvalue weighted by molar-refractivity contribution is 5.98. The number of amides is 1. The minimum absolute atomic E-state index is 0.408. The number of hydrogen-bond acceptors (Lipinski definition) is 3. The second kappa shape index (κ2) is 6.78. The summed E-state index contributed by atoms with van der Waals surface area (Å²) in [5.41, 5.74) is 8.39. The van der Waals surface area contributed by atoms with E-state index >= 15 is 0 Å². The van der Waals surface area contributed by atoms with Gasteiger partial charge >= 0.3 is 0 Å². The van der Waals surface area contributed by atoms with Crippen molar-refractivity contribution in [2.75, 3.05) is 18.0 Å². The van der Waals surface area contributed by atoms with Gasteiger partial charge in [-0.15, -0.1) is 0 Å². The molecule has 124 valence electrons. The second-order valence-electron chi connectivity index (χ2n) is 5.72. The third kappa shape index (κ3) is 3.42. The topological polar surface area (TPSA) is 59.2 Å². The van der Waals surface area contributed by atoms with Gasteiger partial charge in [-0.2, -0.15) is 0 Å². The zero-order chi connectivity index (χ0) is 17.1. The minimum atomic E-state index is -0.844. The fourth-order valence-electron chi connectivity index (χ4n) is 2.87.